The van der Waals surface area contributed by atoms with Gasteiger partial charge in [-0.2, -0.15) is 5.10 Å². The van der Waals surface area contributed by atoms with Crippen LogP contribution in [-0.2, 0) is 20.9 Å². The van der Waals surface area contributed by atoms with E-state index in [1.807, 2.05) is 43.9 Å². The van der Waals surface area contributed by atoms with Crippen LogP contribution in [0, 0.1) is 5.92 Å². The molecule has 9 heteroatoms. The maximum Gasteiger partial charge on any atom is 0.414 e. The summed E-state index contributed by atoms with van der Waals surface area (Å²) >= 11 is 0. The molecule has 0 spiro atoms. The Morgan fingerprint density at radius 1 is 1.15 bits per heavy atom. The monoisotopic (exact) mass is 453 g/mol. The standard InChI is InChI=1S/C24H31N5O4/c1-15(2)33-24(32)28-12-16(3)29(23(31)17-6-7-17)20-9-8-18(10-21(20)28)19-11-25-27(13-19)14-22(30)26(4)5/h8-11,13,15-17H,6-7,12,14H2,1-5H3/t16-/m0/s1. The van der Waals surface area contributed by atoms with Crippen molar-refractivity contribution in [1.82, 2.24) is 14.7 Å². The Kier molecular flexibility index (Phi) is 6.14. The lowest BCUT2D eigenvalue weighted by Gasteiger charge is -2.41. The van der Waals surface area contributed by atoms with Gasteiger partial charge in [0.05, 0.1) is 29.7 Å². The van der Waals surface area contributed by atoms with Gasteiger partial charge in [-0.3, -0.25) is 19.2 Å². The summed E-state index contributed by atoms with van der Waals surface area (Å²) in [6.45, 7) is 6.09. The second-order valence-corrected chi connectivity index (χ2v) is 9.29. The molecule has 33 heavy (non-hydrogen) atoms. The number of hydrogen-bond acceptors (Lipinski definition) is 5. The van der Waals surface area contributed by atoms with Crippen LogP contribution in [0.15, 0.2) is 30.6 Å². The van der Waals surface area contributed by atoms with Crippen LogP contribution in [0.1, 0.15) is 33.6 Å². The van der Waals surface area contributed by atoms with Gasteiger partial charge in [-0.1, -0.05) is 6.07 Å². The molecule has 3 amide bonds. The van der Waals surface area contributed by atoms with Gasteiger partial charge in [0.2, 0.25) is 11.8 Å². The molecule has 1 atom stereocenters. The van der Waals surface area contributed by atoms with Crippen LogP contribution in [0.3, 0.4) is 0 Å². The van der Waals surface area contributed by atoms with Crippen molar-refractivity contribution in [1.29, 1.82) is 0 Å². The maximum absolute atomic E-state index is 13.0. The van der Waals surface area contributed by atoms with E-state index in [0.29, 0.717) is 17.9 Å². The number of likely N-dealkylation sites (N-methyl/N-ethyl adjacent to an activating group) is 1. The highest BCUT2D eigenvalue weighted by Gasteiger charge is 2.41. The Hall–Kier alpha value is -3.36. The van der Waals surface area contributed by atoms with Crippen LogP contribution < -0.4 is 9.80 Å². The van der Waals surface area contributed by atoms with Gasteiger partial charge in [0, 0.05) is 38.3 Å². The normalized spacial score (nSPS) is 17.7. The van der Waals surface area contributed by atoms with Crippen molar-refractivity contribution in [2.45, 2.75) is 52.3 Å². The summed E-state index contributed by atoms with van der Waals surface area (Å²) in [5, 5.41) is 4.31. The number of ether oxygens (including phenoxy) is 1. The number of carbonyl (C=O) groups is 3. The van der Waals surface area contributed by atoms with Gasteiger partial charge in [-0.25, -0.2) is 4.79 Å². The number of benzene rings is 1. The highest BCUT2D eigenvalue weighted by Crippen LogP contribution is 2.42. The largest absolute Gasteiger partial charge is 0.446 e. The van der Waals surface area contributed by atoms with Gasteiger partial charge in [0.25, 0.3) is 0 Å². The van der Waals surface area contributed by atoms with E-state index in [4.69, 9.17) is 4.74 Å². The van der Waals surface area contributed by atoms with Gasteiger partial charge in [0.15, 0.2) is 0 Å². The molecule has 0 unspecified atom stereocenters. The fraction of sp³-hybridized carbons (Fsp3) is 0.500. The number of amides is 3. The van der Waals surface area contributed by atoms with Crippen molar-refractivity contribution in [3.8, 4) is 11.1 Å². The Balaban J connectivity index is 1.70. The SMILES string of the molecule is CC(C)OC(=O)N1C[C@H](C)N(C(=O)C2CC2)c2ccc(-c3cnn(CC(=O)N(C)C)c3)cc21. The summed E-state index contributed by atoms with van der Waals surface area (Å²) in [4.78, 5) is 42.9. The maximum atomic E-state index is 13.0. The van der Waals surface area contributed by atoms with Crippen LogP contribution >= 0.6 is 0 Å². The number of anilines is 2. The van der Waals surface area contributed by atoms with E-state index in [0.717, 1.165) is 24.0 Å². The minimum Gasteiger partial charge on any atom is -0.446 e. The third kappa shape index (κ3) is 4.72. The Labute approximate surface area is 193 Å². The van der Waals surface area contributed by atoms with Crippen molar-refractivity contribution in [3.05, 3.63) is 30.6 Å². The molecule has 0 N–H and O–H groups in total. The molecule has 4 rings (SSSR count). The Morgan fingerprint density at radius 2 is 1.88 bits per heavy atom. The predicted octanol–water partition coefficient (Wildman–Crippen LogP) is 3.13. The molecule has 0 radical (unpaired) electrons. The molecule has 9 nitrogen and oxygen atoms in total. The molecule has 1 aromatic heterocycles. The molecule has 1 aliphatic heterocycles. The molecule has 2 heterocycles. The molecule has 176 valence electrons. The summed E-state index contributed by atoms with van der Waals surface area (Å²) in [6.07, 6.45) is 4.65. The highest BCUT2D eigenvalue weighted by atomic mass is 16.6. The Bertz CT molecular complexity index is 1070. The van der Waals surface area contributed by atoms with Gasteiger partial charge in [-0.15, -0.1) is 0 Å². The third-order valence-corrected chi connectivity index (χ3v) is 5.90. The summed E-state index contributed by atoms with van der Waals surface area (Å²) < 4.78 is 7.08. The van der Waals surface area contributed by atoms with E-state index in [2.05, 4.69) is 5.10 Å². The van der Waals surface area contributed by atoms with Crippen LogP contribution in [0.5, 0.6) is 0 Å². The van der Waals surface area contributed by atoms with Crippen molar-refractivity contribution in [2.24, 2.45) is 5.92 Å². The van der Waals surface area contributed by atoms with Crippen LogP contribution in [0.4, 0.5) is 16.2 Å². The second-order valence-electron chi connectivity index (χ2n) is 9.29. The quantitative estimate of drug-likeness (QED) is 0.694. The lowest BCUT2D eigenvalue weighted by molar-refractivity contribution is -0.129. The molecule has 2 aliphatic rings. The lowest BCUT2D eigenvalue weighted by atomic mass is 10.0. The number of carbonyl (C=O) groups excluding carboxylic acids is 3. The summed E-state index contributed by atoms with van der Waals surface area (Å²) in [6, 6.07) is 5.55. The van der Waals surface area contributed by atoms with Crippen LogP contribution in [0.2, 0.25) is 0 Å². The van der Waals surface area contributed by atoms with Crippen molar-refractivity contribution >= 4 is 29.3 Å². The van der Waals surface area contributed by atoms with E-state index in [1.54, 1.807) is 36.1 Å². The van der Waals surface area contributed by atoms with Gasteiger partial charge in [0.1, 0.15) is 6.54 Å². The third-order valence-electron chi connectivity index (χ3n) is 5.90. The molecule has 1 fully saturated rings. The van der Waals surface area contributed by atoms with Crippen molar-refractivity contribution < 1.29 is 19.1 Å². The van der Waals surface area contributed by atoms with Gasteiger partial charge >= 0.3 is 6.09 Å². The van der Waals surface area contributed by atoms with E-state index in [9.17, 15) is 14.4 Å². The molecular formula is C24H31N5O4. The van der Waals surface area contributed by atoms with Crippen molar-refractivity contribution in [3.63, 3.8) is 0 Å². The minimum absolute atomic E-state index is 0.0547. The number of fused-ring (bicyclic) bond motifs is 1. The zero-order valence-electron chi connectivity index (χ0n) is 19.8. The zero-order chi connectivity index (χ0) is 23.9. The van der Waals surface area contributed by atoms with Gasteiger partial charge in [-0.05, 0) is 51.3 Å². The van der Waals surface area contributed by atoms with E-state index < -0.39 is 6.09 Å². The fourth-order valence-electron chi connectivity index (χ4n) is 3.98. The number of aromatic nitrogens is 2. The number of rotatable bonds is 5. The minimum atomic E-state index is -0.430. The first-order chi connectivity index (χ1) is 15.7. The zero-order valence-corrected chi connectivity index (χ0v) is 19.8. The van der Waals surface area contributed by atoms with Crippen molar-refractivity contribution in [2.75, 3.05) is 30.4 Å². The predicted molar refractivity (Wildman–Crippen MR) is 125 cm³/mol. The molecule has 0 bridgehead atoms. The number of hydrogen-bond donors (Lipinski definition) is 0. The first kappa shape index (κ1) is 22.8. The summed E-state index contributed by atoms with van der Waals surface area (Å²) in [5.74, 6) is 0.130. The van der Waals surface area contributed by atoms with Crippen LogP contribution in [0.25, 0.3) is 11.1 Å². The average molecular weight is 454 g/mol. The molecule has 1 aliphatic carbocycles. The van der Waals surface area contributed by atoms with E-state index in [1.165, 1.54) is 4.90 Å². The number of nitrogens with zero attached hydrogens (tertiary/aromatic N) is 5. The second kappa shape index (κ2) is 8.88. The Morgan fingerprint density at radius 3 is 2.52 bits per heavy atom. The van der Waals surface area contributed by atoms with E-state index in [-0.39, 0.29) is 36.4 Å². The smallest absolute Gasteiger partial charge is 0.414 e. The van der Waals surface area contributed by atoms with E-state index >= 15 is 0 Å². The molecular weight excluding hydrogens is 422 g/mol. The summed E-state index contributed by atoms with van der Waals surface area (Å²) in [7, 11) is 3.41. The first-order valence-corrected chi connectivity index (χ1v) is 11.3. The molecule has 1 aromatic carbocycles. The highest BCUT2D eigenvalue weighted by molar-refractivity contribution is 6.05. The molecule has 2 aromatic rings. The average Bonchev–Trinajstić information content (AvgIpc) is 3.51. The van der Waals surface area contributed by atoms with Gasteiger partial charge < -0.3 is 14.5 Å². The van der Waals surface area contributed by atoms with Crippen LogP contribution in [-0.4, -0.2) is 65.4 Å². The topological polar surface area (TPSA) is 88.0 Å². The fourth-order valence-corrected chi connectivity index (χ4v) is 3.98. The lowest BCUT2D eigenvalue weighted by Crippen LogP contribution is -2.52. The first-order valence-electron chi connectivity index (χ1n) is 11.3. The summed E-state index contributed by atoms with van der Waals surface area (Å²) in [5.41, 5.74) is 3.01. The molecule has 1 saturated carbocycles. The molecule has 0 saturated heterocycles.